The van der Waals surface area contributed by atoms with Crippen molar-refractivity contribution in [2.24, 2.45) is 5.73 Å². The van der Waals surface area contributed by atoms with E-state index in [1.165, 1.54) is 12.1 Å². The second-order valence-corrected chi connectivity index (χ2v) is 5.87. The van der Waals surface area contributed by atoms with Crippen LogP contribution in [0.5, 0.6) is 0 Å². The number of amides is 1. The van der Waals surface area contributed by atoms with Crippen LogP contribution in [0.2, 0.25) is 0 Å². The summed E-state index contributed by atoms with van der Waals surface area (Å²) in [6, 6.07) is 10.4. The molecule has 0 saturated carbocycles. The summed E-state index contributed by atoms with van der Waals surface area (Å²) in [4.78, 5) is 18.4. The fourth-order valence-electron chi connectivity index (χ4n) is 2.73. The SMILES string of the molecule is Cc1cccc(/C(=C/c2ccc(C(N)=O)c(F)c2)c2cnc[nH]2)c1C. The van der Waals surface area contributed by atoms with Gasteiger partial charge in [-0.15, -0.1) is 0 Å². The van der Waals surface area contributed by atoms with Crippen LogP contribution in [0.3, 0.4) is 0 Å². The predicted molar refractivity (Wildman–Crippen MR) is 96.4 cm³/mol. The van der Waals surface area contributed by atoms with Gasteiger partial charge in [0.15, 0.2) is 0 Å². The molecule has 0 spiro atoms. The highest BCUT2D eigenvalue weighted by molar-refractivity contribution is 5.94. The Morgan fingerprint density at radius 2 is 2.00 bits per heavy atom. The van der Waals surface area contributed by atoms with Crippen molar-refractivity contribution in [2.45, 2.75) is 13.8 Å². The Bertz CT molecular complexity index is 959. The molecule has 0 bridgehead atoms. The van der Waals surface area contributed by atoms with Crippen molar-refractivity contribution < 1.29 is 9.18 Å². The Labute approximate surface area is 145 Å². The fraction of sp³-hybridized carbons (Fsp3) is 0.100. The minimum atomic E-state index is -0.781. The molecule has 1 aromatic heterocycles. The second-order valence-electron chi connectivity index (χ2n) is 5.87. The Balaban J connectivity index is 2.16. The van der Waals surface area contributed by atoms with Crippen LogP contribution in [0.4, 0.5) is 4.39 Å². The second kappa shape index (κ2) is 6.73. The molecule has 0 aliphatic carbocycles. The van der Waals surface area contributed by atoms with E-state index in [4.69, 9.17) is 5.73 Å². The number of nitrogens with one attached hydrogen (secondary N) is 1. The zero-order valence-electron chi connectivity index (χ0n) is 14.0. The average Bonchev–Trinajstić information content (AvgIpc) is 3.09. The largest absolute Gasteiger partial charge is 0.366 e. The van der Waals surface area contributed by atoms with Crippen LogP contribution >= 0.6 is 0 Å². The summed E-state index contributed by atoms with van der Waals surface area (Å²) in [5.74, 6) is -1.41. The maximum Gasteiger partial charge on any atom is 0.251 e. The summed E-state index contributed by atoms with van der Waals surface area (Å²) in [7, 11) is 0. The molecule has 5 heteroatoms. The van der Waals surface area contributed by atoms with E-state index in [2.05, 4.69) is 9.97 Å². The molecule has 0 atom stereocenters. The smallest absolute Gasteiger partial charge is 0.251 e. The number of aromatic nitrogens is 2. The number of nitrogens with two attached hydrogens (primary N) is 1. The number of rotatable bonds is 4. The number of aryl methyl sites for hydroxylation is 1. The first-order valence-corrected chi connectivity index (χ1v) is 7.83. The Hall–Kier alpha value is -3.21. The summed E-state index contributed by atoms with van der Waals surface area (Å²) in [5, 5.41) is 0. The van der Waals surface area contributed by atoms with Crippen LogP contribution in [0.1, 0.15) is 38.3 Å². The monoisotopic (exact) mass is 335 g/mol. The van der Waals surface area contributed by atoms with Gasteiger partial charge in [-0.1, -0.05) is 24.3 Å². The first-order chi connectivity index (χ1) is 12.0. The van der Waals surface area contributed by atoms with Crippen LogP contribution in [0.25, 0.3) is 11.6 Å². The standard InChI is InChI=1S/C20H18FN3O/c1-12-4-3-5-15(13(12)2)17(19-10-23-11-24-19)8-14-6-7-16(20(22)25)18(21)9-14/h3-11H,1-2H3,(H2,22,25)(H,23,24)/b17-8-. The number of primary amides is 1. The van der Waals surface area contributed by atoms with E-state index >= 15 is 0 Å². The van der Waals surface area contributed by atoms with Gasteiger partial charge in [0.25, 0.3) is 5.91 Å². The maximum absolute atomic E-state index is 14.1. The molecule has 3 N–H and O–H groups in total. The lowest BCUT2D eigenvalue weighted by atomic mass is 9.93. The quantitative estimate of drug-likeness (QED) is 0.711. The van der Waals surface area contributed by atoms with Crippen molar-refractivity contribution in [3.63, 3.8) is 0 Å². The number of hydrogen-bond donors (Lipinski definition) is 2. The molecule has 25 heavy (non-hydrogen) atoms. The molecule has 0 fully saturated rings. The first kappa shape index (κ1) is 16.6. The van der Waals surface area contributed by atoms with Gasteiger partial charge >= 0.3 is 0 Å². The molecule has 0 unspecified atom stereocenters. The molecule has 2 aromatic carbocycles. The third-order valence-electron chi connectivity index (χ3n) is 4.25. The molecule has 1 heterocycles. The van der Waals surface area contributed by atoms with Crippen LogP contribution in [-0.4, -0.2) is 15.9 Å². The molecule has 3 rings (SSSR count). The van der Waals surface area contributed by atoms with Crippen LogP contribution in [0.15, 0.2) is 48.9 Å². The number of carbonyl (C=O) groups excluding carboxylic acids is 1. The van der Waals surface area contributed by atoms with Crippen molar-refractivity contribution in [3.05, 3.63) is 88.3 Å². The summed E-state index contributed by atoms with van der Waals surface area (Å²) in [6.45, 7) is 4.09. The lowest BCUT2D eigenvalue weighted by molar-refractivity contribution is 0.0996. The minimum Gasteiger partial charge on any atom is -0.366 e. The highest BCUT2D eigenvalue weighted by Crippen LogP contribution is 2.29. The van der Waals surface area contributed by atoms with Gasteiger partial charge in [0.1, 0.15) is 5.82 Å². The molecule has 0 radical (unpaired) electrons. The van der Waals surface area contributed by atoms with E-state index in [9.17, 15) is 9.18 Å². The van der Waals surface area contributed by atoms with Gasteiger partial charge in [-0.25, -0.2) is 9.37 Å². The zero-order valence-corrected chi connectivity index (χ0v) is 14.0. The number of carbonyl (C=O) groups is 1. The predicted octanol–water partition coefficient (Wildman–Crippen LogP) is 3.85. The van der Waals surface area contributed by atoms with Crippen molar-refractivity contribution >= 4 is 17.6 Å². The number of H-pyrrole nitrogens is 1. The first-order valence-electron chi connectivity index (χ1n) is 7.83. The van der Waals surface area contributed by atoms with E-state index in [0.29, 0.717) is 5.56 Å². The third-order valence-corrected chi connectivity index (χ3v) is 4.25. The van der Waals surface area contributed by atoms with Gasteiger partial charge in [-0.05, 0) is 54.3 Å². The van der Waals surface area contributed by atoms with E-state index in [0.717, 1.165) is 28.0 Å². The Morgan fingerprint density at radius 3 is 2.64 bits per heavy atom. The van der Waals surface area contributed by atoms with Crippen LogP contribution in [-0.2, 0) is 0 Å². The Kier molecular flexibility index (Phi) is 4.48. The summed E-state index contributed by atoms with van der Waals surface area (Å²) >= 11 is 0. The van der Waals surface area contributed by atoms with Crippen molar-refractivity contribution in [3.8, 4) is 0 Å². The van der Waals surface area contributed by atoms with Crippen molar-refractivity contribution in [1.29, 1.82) is 0 Å². The number of hydrogen-bond acceptors (Lipinski definition) is 2. The summed E-state index contributed by atoms with van der Waals surface area (Å²) in [5.41, 5.74) is 10.7. The van der Waals surface area contributed by atoms with Crippen molar-refractivity contribution in [1.82, 2.24) is 9.97 Å². The van der Waals surface area contributed by atoms with Crippen molar-refractivity contribution in [2.75, 3.05) is 0 Å². The van der Waals surface area contributed by atoms with Gasteiger partial charge < -0.3 is 10.7 Å². The van der Waals surface area contributed by atoms with Gasteiger partial charge in [0, 0.05) is 5.57 Å². The molecular formula is C20H18FN3O. The molecule has 3 aromatic rings. The van der Waals surface area contributed by atoms with Gasteiger partial charge in [-0.3, -0.25) is 4.79 Å². The van der Waals surface area contributed by atoms with E-state index in [1.54, 1.807) is 18.6 Å². The zero-order chi connectivity index (χ0) is 18.0. The third kappa shape index (κ3) is 3.35. The maximum atomic E-state index is 14.1. The van der Waals surface area contributed by atoms with E-state index in [-0.39, 0.29) is 5.56 Å². The van der Waals surface area contributed by atoms with Gasteiger partial charge in [-0.2, -0.15) is 0 Å². The van der Waals surface area contributed by atoms with Crippen LogP contribution < -0.4 is 5.73 Å². The number of benzene rings is 2. The lowest BCUT2D eigenvalue weighted by Gasteiger charge is -2.12. The number of imidazole rings is 1. The highest BCUT2D eigenvalue weighted by atomic mass is 19.1. The number of aromatic amines is 1. The number of halogens is 1. The highest BCUT2D eigenvalue weighted by Gasteiger charge is 2.12. The Morgan fingerprint density at radius 1 is 1.20 bits per heavy atom. The summed E-state index contributed by atoms with van der Waals surface area (Å²) < 4.78 is 14.1. The molecule has 0 aliphatic heterocycles. The van der Waals surface area contributed by atoms with Gasteiger partial charge in [0.05, 0.1) is 23.8 Å². The topological polar surface area (TPSA) is 71.8 Å². The molecule has 4 nitrogen and oxygen atoms in total. The van der Waals surface area contributed by atoms with Crippen LogP contribution in [0, 0.1) is 19.7 Å². The molecule has 1 amide bonds. The van der Waals surface area contributed by atoms with E-state index in [1.807, 2.05) is 38.1 Å². The minimum absolute atomic E-state index is 0.119. The summed E-state index contributed by atoms with van der Waals surface area (Å²) in [6.07, 6.45) is 5.19. The molecule has 0 saturated heterocycles. The number of nitrogens with zero attached hydrogens (tertiary/aromatic N) is 1. The normalized spacial score (nSPS) is 11.6. The lowest BCUT2D eigenvalue weighted by Crippen LogP contribution is -2.12. The average molecular weight is 335 g/mol. The molecular weight excluding hydrogens is 317 g/mol. The van der Waals surface area contributed by atoms with E-state index < -0.39 is 11.7 Å². The van der Waals surface area contributed by atoms with Gasteiger partial charge in [0.2, 0.25) is 0 Å². The molecule has 126 valence electrons. The molecule has 0 aliphatic rings. The fourth-order valence-corrected chi connectivity index (χ4v) is 2.73.